The Kier molecular flexibility index (Phi) is 6.94. The van der Waals surface area contributed by atoms with Crippen molar-refractivity contribution in [3.8, 4) is 0 Å². The summed E-state index contributed by atoms with van der Waals surface area (Å²) in [5, 5.41) is 0.964. The van der Waals surface area contributed by atoms with Crippen LogP contribution in [0.15, 0.2) is 23.2 Å². The molecule has 0 saturated carbocycles. The van der Waals surface area contributed by atoms with Gasteiger partial charge in [-0.1, -0.05) is 29.3 Å². The number of rotatable bonds is 1. The van der Waals surface area contributed by atoms with Gasteiger partial charge in [-0.3, -0.25) is 4.99 Å². The van der Waals surface area contributed by atoms with Gasteiger partial charge in [0.1, 0.15) is 0 Å². The highest BCUT2D eigenvalue weighted by Crippen LogP contribution is 2.30. The van der Waals surface area contributed by atoms with Gasteiger partial charge < -0.3 is 12.3 Å². The Morgan fingerprint density at radius 3 is 2.17 bits per heavy atom. The van der Waals surface area contributed by atoms with Gasteiger partial charge >= 0.3 is 0 Å². The second-order valence-electron chi connectivity index (χ2n) is 1.73. The summed E-state index contributed by atoms with van der Waals surface area (Å²) in [6.07, 6.45) is 0. The molecule has 0 fully saturated rings. The first-order valence-corrected chi connectivity index (χ1v) is 3.42. The molecule has 0 heterocycles. The van der Waals surface area contributed by atoms with Crippen molar-refractivity contribution in [2.75, 3.05) is 0 Å². The van der Waals surface area contributed by atoms with Crippen LogP contribution in [0.2, 0.25) is 10.0 Å². The molecule has 3 nitrogen and oxygen atoms in total. The highest BCUT2D eigenvalue weighted by molar-refractivity contribution is 6.43. The Labute approximate surface area is 81.6 Å². The maximum absolute atomic E-state index is 5.73. The first-order chi connectivity index (χ1) is 4.75. The molecule has 0 aromatic heterocycles. The van der Waals surface area contributed by atoms with Crippen LogP contribution in [0, 0.1) is 0 Å². The number of aliphatic imine (C=N–C) groups is 1. The van der Waals surface area contributed by atoms with Crippen LogP contribution in [-0.2, 0) is 0 Å². The lowest BCUT2D eigenvalue weighted by atomic mass is 10.3. The van der Waals surface area contributed by atoms with Gasteiger partial charge in [0.15, 0.2) is 0 Å². The van der Waals surface area contributed by atoms with Crippen molar-refractivity contribution in [1.82, 2.24) is 12.3 Å². The number of nitrogens with zero attached hydrogens (tertiary/aromatic N) is 1. The fourth-order valence-electron chi connectivity index (χ4n) is 0.615. The lowest BCUT2D eigenvalue weighted by molar-refractivity contribution is 1.55. The van der Waals surface area contributed by atoms with E-state index in [2.05, 4.69) is 11.7 Å². The molecule has 1 aromatic carbocycles. The summed E-state index contributed by atoms with van der Waals surface area (Å²) < 4.78 is 0. The van der Waals surface area contributed by atoms with Gasteiger partial charge in [0.05, 0.1) is 15.7 Å². The van der Waals surface area contributed by atoms with Crippen molar-refractivity contribution in [1.29, 1.82) is 0 Å². The van der Waals surface area contributed by atoms with Gasteiger partial charge in [-0.15, -0.1) is 0 Å². The molecule has 0 aliphatic carbocycles. The summed E-state index contributed by atoms with van der Waals surface area (Å²) in [7, 11) is 0. The van der Waals surface area contributed by atoms with E-state index in [1.807, 2.05) is 0 Å². The van der Waals surface area contributed by atoms with Crippen LogP contribution in [-0.4, -0.2) is 6.72 Å². The number of hydrogen-bond donors (Lipinski definition) is 2. The van der Waals surface area contributed by atoms with E-state index >= 15 is 0 Å². The summed E-state index contributed by atoms with van der Waals surface area (Å²) in [5.74, 6) is 0. The summed E-state index contributed by atoms with van der Waals surface area (Å²) >= 11 is 11.4. The average Bonchev–Trinajstić information content (AvgIpc) is 1.95. The van der Waals surface area contributed by atoms with Crippen LogP contribution in [0.3, 0.4) is 0 Å². The van der Waals surface area contributed by atoms with Crippen molar-refractivity contribution in [3.05, 3.63) is 28.2 Å². The molecule has 0 spiro atoms. The fourth-order valence-corrected chi connectivity index (χ4v) is 0.970. The van der Waals surface area contributed by atoms with Crippen molar-refractivity contribution in [2.45, 2.75) is 0 Å². The predicted molar refractivity (Wildman–Crippen MR) is 55.7 cm³/mol. The maximum atomic E-state index is 5.73. The highest BCUT2D eigenvalue weighted by atomic mass is 35.5. The zero-order valence-electron chi connectivity index (χ0n) is 6.56. The Balaban J connectivity index is 0. The number of benzene rings is 1. The first kappa shape index (κ1) is 13.9. The van der Waals surface area contributed by atoms with Crippen LogP contribution < -0.4 is 12.3 Å². The molecule has 0 atom stereocenters. The molecule has 5 heteroatoms. The van der Waals surface area contributed by atoms with Crippen LogP contribution in [0.1, 0.15) is 0 Å². The third kappa shape index (κ3) is 2.79. The van der Waals surface area contributed by atoms with Crippen molar-refractivity contribution < 1.29 is 0 Å². The third-order valence-electron chi connectivity index (χ3n) is 1.10. The van der Waals surface area contributed by atoms with Crippen molar-refractivity contribution in [3.63, 3.8) is 0 Å². The van der Waals surface area contributed by atoms with E-state index in [0.717, 1.165) is 0 Å². The molecular weight excluding hydrogens is 197 g/mol. The fraction of sp³-hybridized carbons (Fsp3) is 0. The first-order valence-electron chi connectivity index (χ1n) is 2.66. The molecule has 0 aliphatic rings. The summed E-state index contributed by atoms with van der Waals surface area (Å²) in [4.78, 5) is 3.66. The molecule has 1 rings (SSSR count). The summed E-state index contributed by atoms with van der Waals surface area (Å²) in [6.45, 7) is 3.34. The van der Waals surface area contributed by atoms with Gasteiger partial charge in [-0.05, 0) is 18.9 Å². The molecule has 0 amide bonds. The zero-order valence-corrected chi connectivity index (χ0v) is 8.07. The molecule has 1 aromatic rings. The second-order valence-corrected chi connectivity index (χ2v) is 2.52. The SMILES string of the molecule is C=Nc1cccc(Cl)c1Cl.N.N. The minimum atomic E-state index is 0. The van der Waals surface area contributed by atoms with E-state index in [1.54, 1.807) is 18.2 Å². The smallest absolute Gasteiger partial charge is 0.0848 e. The van der Waals surface area contributed by atoms with E-state index in [-0.39, 0.29) is 12.3 Å². The average molecular weight is 208 g/mol. The van der Waals surface area contributed by atoms with E-state index < -0.39 is 0 Å². The predicted octanol–water partition coefficient (Wildman–Crippen LogP) is 3.65. The van der Waals surface area contributed by atoms with E-state index in [4.69, 9.17) is 23.2 Å². The van der Waals surface area contributed by atoms with Gasteiger partial charge in [0.25, 0.3) is 0 Å². The quantitative estimate of drug-likeness (QED) is 0.690. The molecule has 0 radical (unpaired) electrons. The standard InChI is InChI=1S/C7H5Cl2N.2H3N/c1-10-6-4-2-3-5(8)7(6)9;;/h2-4H,1H2;2*1H3. The van der Waals surface area contributed by atoms with E-state index in [9.17, 15) is 0 Å². The molecular formula is C7H11Cl2N3. The normalized spacial score (nSPS) is 7.83. The Bertz CT molecular complexity index is 263. The van der Waals surface area contributed by atoms with Gasteiger partial charge in [-0.25, -0.2) is 0 Å². The third-order valence-corrected chi connectivity index (χ3v) is 1.91. The minimum Gasteiger partial charge on any atom is -0.344 e. The molecule has 0 aliphatic heterocycles. The van der Waals surface area contributed by atoms with Crippen molar-refractivity contribution in [2.24, 2.45) is 4.99 Å². The van der Waals surface area contributed by atoms with Crippen LogP contribution >= 0.6 is 23.2 Å². The van der Waals surface area contributed by atoms with E-state index in [1.165, 1.54) is 0 Å². The van der Waals surface area contributed by atoms with Gasteiger partial charge in [0.2, 0.25) is 0 Å². The van der Waals surface area contributed by atoms with E-state index in [0.29, 0.717) is 15.7 Å². The molecule has 6 N–H and O–H groups in total. The number of halogens is 2. The largest absolute Gasteiger partial charge is 0.344 e. The Hall–Kier alpha value is -0.610. The maximum Gasteiger partial charge on any atom is 0.0848 e. The summed E-state index contributed by atoms with van der Waals surface area (Å²) in [6, 6.07) is 5.23. The van der Waals surface area contributed by atoms with Gasteiger partial charge in [0, 0.05) is 0 Å². The van der Waals surface area contributed by atoms with Crippen LogP contribution in [0.4, 0.5) is 5.69 Å². The van der Waals surface area contributed by atoms with Crippen LogP contribution in [0.5, 0.6) is 0 Å². The Morgan fingerprint density at radius 1 is 1.17 bits per heavy atom. The highest BCUT2D eigenvalue weighted by Gasteiger charge is 1.99. The lowest BCUT2D eigenvalue weighted by Gasteiger charge is -1.96. The molecule has 0 saturated heterocycles. The topological polar surface area (TPSA) is 82.4 Å². The van der Waals surface area contributed by atoms with Crippen LogP contribution in [0.25, 0.3) is 0 Å². The molecule has 0 bridgehead atoms. The monoisotopic (exact) mass is 207 g/mol. The van der Waals surface area contributed by atoms with Gasteiger partial charge in [-0.2, -0.15) is 0 Å². The molecule has 12 heavy (non-hydrogen) atoms. The zero-order chi connectivity index (χ0) is 7.56. The second kappa shape index (κ2) is 5.97. The molecule has 0 unspecified atom stereocenters. The van der Waals surface area contributed by atoms with Crippen molar-refractivity contribution >= 4 is 35.6 Å². The summed E-state index contributed by atoms with van der Waals surface area (Å²) in [5.41, 5.74) is 0.620. The molecule has 68 valence electrons. The minimum absolute atomic E-state index is 0. The lowest BCUT2D eigenvalue weighted by Crippen LogP contribution is -1.68. The number of hydrogen-bond acceptors (Lipinski definition) is 3. The Morgan fingerprint density at radius 2 is 1.75 bits per heavy atom.